The number of halogens is 1. The molecule has 1 atom stereocenters. The van der Waals surface area contributed by atoms with E-state index in [1.54, 1.807) is 0 Å². The summed E-state index contributed by atoms with van der Waals surface area (Å²) >= 11 is 1.36. The highest BCUT2D eigenvalue weighted by Crippen LogP contribution is 2.35. The van der Waals surface area contributed by atoms with Crippen LogP contribution in [0.3, 0.4) is 0 Å². The Kier molecular flexibility index (Phi) is 5.50. The van der Waals surface area contributed by atoms with Gasteiger partial charge in [-0.05, 0) is 18.4 Å². The number of fused-ring (bicyclic) bond motifs is 1. The molecule has 0 unspecified atom stereocenters. The summed E-state index contributed by atoms with van der Waals surface area (Å²) in [6.07, 6.45) is 2.85. The lowest BCUT2D eigenvalue weighted by atomic mass is 10.2. The zero-order valence-corrected chi connectivity index (χ0v) is 16.3. The van der Waals surface area contributed by atoms with Crippen molar-refractivity contribution in [3.8, 4) is 0 Å². The monoisotopic (exact) mass is 400 g/mol. The number of methoxy groups -OCH3 is 1. The van der Waals surface area contributed by atoms with Gasteiger partial charge < -0.3 is 15.0 Å². The lowest BCUT2D eigenvalue weighted by Gasteiger charge is -2.23. The maximum Gasteiger partial charge on any atom is 0.243 e. The third kappa shape index (κ3) is 3.70. The van der Waals surface area contributed by atoms with E-state index in [1.165, 1.54) is 24.6 Å². The number of ether oxygens (including phenoxy) is 1. The van der Waals surface area contributed by atoms with E-state index in [1.807, 2.05) is 35.2 Å². The van der Waals surface area contributed by atoms with Crippen molar-refractivity contribution < 1.29 is 13.9 Å². The smallest absolute Gasteiger partial charge is 0.243 e. The molecule has 3 aromatic rings. The Hall–Kier alpha value is -2.58. The second-order valence-corrected chi connectivity index (χ2v) is 7.70. The molecule has 0 spiro atoms. The first kappa shape index (κ1) is 18.8. The highest BCUT2D eigenvalue weighted by Gasteiger charge is 2.33. The molecule has 0 saturated carbocycles. The molecule has 1 fully saturated rings. The molecular weight excluding hydrogens is 379 g/mol. The van der Waals surface area contributed by atoms with Gasteiger partial charge in [-0.25, -0.2) is 9.37 Å². The molecule has 2 aromatic heterocycles. The van der Waals surface area contributed by atoms with Crippen LogP contribution in [0.15, 0.2) is 36.5 Å². The molecule has 0 radical (unpaired) electrons. The van der Waals surface area contributed by atoms with Crippen molar-refractivity contribution >= 4 is 32.7 Å². The zero-order valence-electron chi connectivity index (χ0n) is 15.5. The number of hydrogen-bond donors (Lipinski definition) is 1. The molecule has 8 heteroatoms. The number of thiazole rings is 1. The third-order valence-corrected chi connectivity index (χ3v) is 6.00. The first-order valence-corrected chi connectivity index (χ1v) is 10.00. The van der Waals surface area contributed by atoms with E-state index in [2.05, 4.69) is 15.3 Å². The Bertz CT molecular complexity index is 979. The highest BCUT2D eigenvalue weighted by atomic mass is 32.1. The van der Waals surface area contributed by atoms with Crippen LogP contribution in [0.4, 0.5) is 9.52 Å². The lowest BCUT2D eigenvalue weighted by Crippen LogP contribution is -2.43. The number of amides is 1. The molecule has 1 saturated heterocycles. The van der Waals surface area contributed by atoms with Crippen molar-refractivity contribution in [1.82, 2.24) is 15.3 Å². The number of pyridine rings is 1. The fourth-order valence-electron chi connectivity index (χ4n) is 3.46. The Morgan fingerprint density at radius 2 is 2.21 bits per heavy atom. The average Bonchev–Trinajstić information content (AvgIpc) is 3.36. The highest BCUT2D eigenvalue weighted by molar-refractivity contribution is 7.22. The number of rotatable bonds is 6. The number of benzene rings is 1. The van der Waals surface area contributed by atoms with Crippen molar-refractivity contribution in [3.05, 3.63) is 53.5 Å². The quantitative estimate of drug-likeness (QED) is 0.688. The van der Waals surface area contributed by atoms with Crippen molar-refractivity contribution in [2.75, 3.05) is 18.6 Å². The number of nitrogens with zero attached hydrogens (tertiary/aromatic N) is 3. The molecule has 3 heterocycles. The molecule has 146 valence electrons. The summed E-state index contributed by atoms with van der Waals surface area (Å²) in [6, 6.07) is 9.55. The Labute approximate surface area is 166 Å². The number of hydrogen-bond acceptors (Lipinski definition) is 6. The Morgan fingerprint density at radius 1 is 1.39 bits per heavy atom. The number of carbonyl (C=O) groups excluding carboxylic acids is 1. The second kappa shape index (κ2) is 8.20. The summed E-state index contributed by atoms with van der Waals surface area (Å²) in [5.41, 5.74) is 2.01. The summed E-state index contributed by atoms with van der Waals surface area (Å²) < 4.78 is 19.9. The van der Waals surface area contributed by atoms with Gasteiger partial charge in [-0.15, -0.1) is 0 Å². The molecular formula is C20H21FN4O2S. The minimum atomic E-state index is -0.400. The molecule has 28 heavy (non-hydrogen) atoms. The molecule has 6 nitrogen and oxygen atoms in total. The summed E-state index contributed by atoms with van der Waals surface area (Å²) in [7, 11) is 1.53. The van der Waals surface area contributed by atoms with E-state index in [0.717, 1.165) is 24.9 Å². The molecule has 1 aliphatic heterocycles. The molecule has 1 N–H and O–H groups in total. The second-order valence-electron chi connectivity index (χ2n) is 6.72. The molecule has 0 bridgehead atoms. The normalized spacial score (nSPS) is 16.6. The van der Waals surface area contributed by atoms with Gasteiger partial charge in [0.1, 0.15) is 11.9 Å². The van der Waals surface area contributed by atoms with E-state index in [-0.39, 0.29) is 18.6 Å². The van der Waals surface area contributed by atoms with E-state index in [0.29, 0.717) is 27.6 Å². The molecule has 4 rings (SSSR count). The van der Waals surface area contributed by atoms with Crippen LogP contribution in [-0.4, -0.2) is 35.6 Å². The minimum Gasteiger partial charge on any atom is -0.380 e. The van der Waals surface area contributed by atoms with E-state index >= 15 is 0 Å². The minimum absolute atomic E-state index is 0.0168. The maximum absolute atomic E-state index is 14.1. The van der Waals surface area contributed by atoms with Gasteiger partial charge in [-0.3, -0.25) is 4.79 Å². The van der Waals surface area contributed by atoms with Crippen molar-refractivity contribution in [3.63, 3.8) is 0 Å². The van der Waals surface area contributed by atoms with Gasteiger partial charge in [-0.2, -0.15) is 4.98 Å². The Balaban J connectivity index is 1.54. The van der Waals surface area contributed by atoms with Crippen LogP contribution in [0.1, 0.15) is 24.0 Å². The van der Waals surface area contributed by atoms with E-state index in [4.69, 9.17) is 4.74 Å². The number of aromatic nitrogens is 2. The number of carbonyl (C=O) groups is 1. The van der Waals surface area contributed by atoms with Crippen LogP contribution < -0.4 is 10.2 Å². The first-order chi connectivity index (χ1) is 13.7. The Morgan fingerprint density at radius 3 is 3.00 bits per heavy atom. The maximum atomic E-state index is 14.1. The predicted octanol–water partition coefficient (Wildman–Crippen LogP) is 3.26. The van der Waals surface area contributed by atoms with Crippen molar-refractivity contribution in [2.45, 2.75) is 32.0 Å². The van der Waals surface area contributed by atoms with Crippen molar-refractivity contribution in [2.24, 2.45) is 0 Å². The molecule has 0 aliphatic carbocycles. The molecule has 1 amide bonds. The largest absolute Gasteiger partial charge is 0.380 e. The molecule has 1 aromatic carbocycles. The van der Waals surface area contributed by atoms with Crippen LogP contribution in [0.5, 0.6) is 0 Å². The lowest BCUT2D eigenvalue weighted by molar-refractivity contribution is -0.122. The summed E-state index contributed by atoms with van der Waals surface area (Å²) in [6.45, 7) is 1.40. The van der Waals surface area contributed by atoms with Crippen LogP contribution in [0, 0.1) is 5.82 Å². The fraction of sp³-hybridized carbons (Fsp3) is 0.350. The first-order valence-electron chi connectivity index (χ1n) is 9.18. The predicted molar refractivity (Wildman–Crippen MR) is 107 cm³/mol. The number of anilines is 1. The van der Waals surface area contributed by atoms with Gasteiger partial charge in [0, 0.05) is 25.8 Å². The topological polar surface area (TPSA) is 67.4 Å². The average molecular weight is 400 g/mol. The van der Waals surface area contributed by atoms with Crippen LogP contribution in [0.2, 0.25) is 0 Å². The third-order valence-electron chi connectivity index (χ3n) is 4.86. The summed E-state index contributed by atoms with van der Waals surface area (Å²) in [5.74, 6) is -0.417. The van der Waals surface area contributed by atoms with E-state index < -0.39 is 5.82 Å². The molecule has 1 aliphatic rings. The van der Waals surface area contributed by atoms with Crippen LogP contribution in [0.25, 0.3) is 10.3 Å². The van der Waals surface area contributed by atoms with Gasteiger partial charge in [0.05, 0.1) is 17.5 Å². The van der Waals surface area contributed by atoms with Crippen LogP contribution in [-0.2, 0) is 22.7 Å². The summed E-state index contributed by atoms with van der Waals surface area (Å²) in [5, 5.41) is 3.71. The summed E-state index contributed by atoms with van der Waals surface area (Å²) in [4.78, 5) is 23.4. The fourth-order valence-corrected chi connectivity index (χ4v) is 4.58. The van der Waals surface area contributed by atoms with Gasteiger partial charge in [0.25, 0.3) is 0 Å². The van der Waals surface area contributed by atoms with Crippen molar-refractivity contribution in [1.29, 1.82) is 0 Å². The van der Waals surface area contributed by atoms with Gasteiger partial charge in [0.2, 0.25) is 5.91 Å². The standard InChI is InChI=1S/C20H21FN4O2S/c1-27-12-14-15(21)11-22-18-17(14)28-20(24-18)25-9-5-8-16(25)19(26)23-10-13-6-3-2-4-7-13/h2-4,6-7,11,16H,5,8-10,12H2,1H3,(H,23,26)/t16-/m1/s1. The zero-order chi connectivity index (χ0) is 19.5. The SMILES string of the molecule is COCc1c(F)cnc2nc(N3CCC[C@@H]3C(=O)NCc3ccccc3)sc12. The van der Waals surface area contributed by atoms with Gasteiger partial charge >= 0.3 is 0 Å². The van der Waals surface area contributed by atoms with E-state index in [9.17, 15) is 9.18 Å². The van der Waals surface area contributed by atoms with Gasteiger partial charge in [0.15, 0.2) is 10.8 Å². The number of nitrogens with one attached hydrogen (secondary N) is 1. The van der Waals surface area contributed by atoms with Crippen LogP contribution >= 0.6 is 11.3 Å². The van der Waals surface area contributed by atoms with Gasteiger partial charge in [-0.1, -0.05) is 41.7 Å².